The second-order valence-corrected chi connectivity index (χ2v) is 4.04. The maximum atomic E-state index is 11.0. The quantitative estimate of drug-likeness (QED) is 0.414. The molecule has 1 saturated heterocycles. The van der Waals surface area contributed by atoms with Gasteiger partial charge in [-0.25, -0.2) is 0 Å². The smallest absolute Gasteiger partial charge is 0.303 e. The third-order valence-electron chi connectivity index (χ3n) is 2.54. The lowest BCUT2D eigenvalue weighted by molar-refractivity contribution is -0.258. The van der Waals surface area contributed by atoms with E-state index in [4.69, 9.17) is 14.6 Å². The van der Waals surface area contributed by atoms with Crippen LogP contribution in [0.5, 0.6) is 0 Å². The zero-order valence-electron chi connectivity index (χ0n) is 10.1. The van der Waals surface area contributed by atoms with Crippen LogP contribution >= 0.6 is 0 Å². The van der Waals surface area contributed by atoms with Crippen molar-refractivity contribution in [3.8, 4) is 0 Å². The van der Waals surface area contributed by atoms with Gasteiger partial charge in [0.15, 0.2) is 12.4 Å². The van der Waals surface area contributed by atoms with Gasteiger partial charge in [0.2, 0.25) is 5.91 Å². The second-order valence-electron chi connectivity index (χ2n) is 4.04. The number of amides is 1. The maximum Gasteiger partial charge on any atom is 0.303 e. The molecule has 0 radical (unpaired) electrons. The standard InChI is InChI=1S/C10H17NO7/c1-4(13)11-7-9(17-5(2)14)8(15)6(3-12)18-10(7)16/h6-10,12,15-16H,3H2,1-2H3,(H,11,13)/t6-,7+,8+,9-,10-/m0/s1. The number of carbonyl (C=O) groups excluding carboxylic acids is 2. The molecule has 0 aromatic heterocycles. The van der Waals surface area contributed by atoms with E-state index in [2.05, 4.69) is 5.32 Å². The van der Waals surface area contributed by atoms with Gasteiger partial charge in [-0.1, -0.05) is 0 Å². The Labute approximate surface area is 104 Å². The van der Waals surface area contributed by atoms with Gasteiger partial charge in [-0.2, -0.15) is 0 Å². The van der Waals surface area contributed by atoms with E-state index < -0.39 is 49.1 Å². The first-order valence-electron chi connectivity index (χ1n) is 5.43. The average molecular weight is 263 g/mol. The van der Waals surface area contributed by atoms with Crippen molar-refractivity contribution in [2.45, 2.75) is 44.5 Å². The Morgan fingerprint density at radius 2 is 1.94 bits per heavy atom. The molecule has 18 heavy (non-hydrogen) atoms. The third-order valence-corrected chi connectivity index (χ3v) is 2.54. The summed E-state index contributed by atoms with van der Waals surface area (Å²) in [6, 6.07) is -1.09. The normalized spacial score (nSPS) is 35.9. The SMILES string of the molecule is CC(=O)N[C@@H]1[C@H](OC(C)=O)[C@H](O)[C@H](CO)O[C@@H]1O. The molecule has 8 nitrogen and oxygen atoms in total. The van der Waals surface area contributed by atoms with E-state index in [0.717, 1.165) is 6.92 Å². The molecule has 1 rings (SSSR count). The highest BCUT2D eigenvalue weighted by Gasteiger charge is 2.46. The molecular weight excluding hydrogens is 246 g/mol. The number of nitrogens with one attached hydrogen (secondary N) is 1. The minimum atomic E-state index is -1.49. The van der Waals surface area contributed by atoms with Crippen LogP contribution in [0.4, 0.5) is 0 Å². The monoisotopic (exact) mass is 263 g/mol. The highest BCUT2D eigenvalue weighted by molar-refractivity contribution is 5.73. The number of rotatable bonds is 3. The molecule has 8 heteroatoms. The molecule has 0 spiro atoms. The Balaban J connectivity index is 2.89. The molecule has 0 aliphatic carbocycles. The van der Waals surface area contributed by atoms with E-state index in [9.17, 15) is 19.8 Å². The fourth-order valence-corrected chi connectivity index (χ4v) is 1.80. The number of hydrogen-bond acceptors (Lipinski definition) is 7. The van der Waals surface area contributed by atoms with Crippen LogP contribution in [-0.2, 0) is 19.1 Å². The molecule has 1 fully saturated rings. The first-order valence-corrected chi connectivity index (χ1v) is 5.43. The lowest BCUT2D eigenvalue weighted by atomic mass is 9.96. The highest BCUT2D eigenvalue weighted by Crippen LogP contribution is 2.22. The summed E-state index contributed by atoms with van der Waals surface area (Å²) >= 11 is 0. The summed E-state index contributed by atoms with van der Waals surface area (Å²) in [5, 5.41) is 30.8. The van der Waals surface area contributed by atoms with E-state index >= 15 is 0 Å². The summed E-state index contributed by atoms with van der Waals surface area (Å²) in [6.45, 7) is 1.79. The largest absolute Gasteiger partial charge is 0.457 e. The van der Waals surface area contributed by atoms with Gasteiger partial charge in [-0.05, 0) is 0 Å². The Morgan fingerprint density at radius 1 is 1.33 bits per heavy atom. The summed E-state index contributed by atoms with van der Waals surface area (Å²) in [7, 11) is 0. The molecule has 104 valence electrons. The average Bonchev–Trinajstić information content (AvgIpc) is 2.27. The van der Waals surface area contributed by atoms with Gasteiger partial charge in [0, 0.05) is 13.8 Å². The van der Waals surface area contributed by atoms with Crippen LogP contribution in [0.15, 0.2) is 0 Å². The molecule has 1 heterocycles. The van der Waals surface area contributed by atoms with Crippen molar-refractivity contribution in [1.29, 1.82) is 0 Å². The lowest BCUT2D eigenvalue weighted by Crippen LogP contribution is -2.65. The molecule has 5 atom stereocenters. The fraction of sp³-hybridized carbons (Fsp3) is 0.800. The molecule has 0 aromatic carbocycles. The van der Waals surface area contributed by atoms with E-state index in [1.165, 1.54) is 6.92 Å². The van der Waals surface area contributed by atoms with Crippen molar-refractivity contribution in [2.75, 3.05) is 6.61 Å². The Kier molecular flexibility index (Phi) is 5.03. The van der Waals surface area contributed by atoms with Crippen LogP contribution in [0.25, 0.3) is 0 Å². The van der Waals surface area contributed by atoms with Crippen LogP contribution in [0.1, 0.15) is 13.8 Å². The molecule has 0 saturated carbocycles. The first kappa shape index (κ1) is 14.8. The minimum Gasteiger partial charge on any atom is -0.457 e. The van der Waals surface area contributed by atoms with Gasteiger partial charge < -0.3 is 30.1 Å². The molecular formula is C10H17NO7. The van der Waals surface area contributed by atoms with E-state index in [1.54, 1.807) is 0 Å². The van der Waals surface area contributed by atoms with Crippen molar-refractivity contribution in [1.82, 2.24) is 5.32 Å². The summed E-state index contributed by atoms with van der Waals surface area (Å²) in [4.78, 5) is 22.0. The van der Waals surface area contributed by atoms with Crippen molar-refractivity contribution in [3.05, 3.63) is 0 Å². The van der Waals surface area contributed by atoms with Gasteiger partial charge in [0.05, 0.1) is 6.61 Å². The molecule has 4 N–H and O–H groups in total. The molecule has 1 amide bonds. The van der Waals surface area contributed by atoms with E-state index in [0.29, 0.717) is 0 Å². The lowest BCUT2D eigenvalue weighted by Gasteiger charge is -2.41. The summed E-state index contributed by atoms with van der Waals surface area (Å²) in [6.07, 6.45) is -5.11. The molecule has 1 aliphatic heterocycles. The zero-order valence-corrected chi connectivity index (χ0v) is 10.1. The number of carbonyl (C=O) groups is 2. The topological polar surface area (TPSA) is 125 Å². The third kappa shape index (κ3) is 3.39. The van der Waals surface area contributed by atoms with Crippen LogP contribution in [0.2, 0.25) is 0 Å². The zero-order chi connectivity index (χ0) is 13.9. The summed E-state index contributed by atoms with van der Waals surface area (Å²) in [5.74, 6) is -1.16. The fourth-order valence-electron chi connectivity index (χ4n) is 1.80. The number of esters is 1. The van der Waals surface area contributed by atoms with Gasteiger partial charge in [-0.15, -0.1) is 0 Å². The van der Waals surface area contributed by atoms with Crippen LogP contribution in [-0.4, -0.2) is 64.4 Å². The minimum absolute atomic E-state index is 0.477. The predicted octanol–water partition coefficient (Wildman–Crippen LogP) is -2.51. The second kappa shape index (κ2) is 6.10. The Bertz CT molecular complexity index is 321. The van der Waals surface area contributed by atoms with E-state index in [-0.39, 0.29) is 0 Å². The van der Waals surface area contributed by atoms with Gasteiger partial charge >= 0.3 is 5.97 Å². The van der Waals surface area contributed by atoms with Crippen molar-refractivity contribution in [2.24, 2.45) is 0 Å². The molecule has 0 bridgehead atoms. The van der Waals surface area contributed by atoms with Crippen molar-refractivity contribution in [3.63, 3.8) is 0 Å². The van der Waals surface area contributed by atoms with Gasteiger partial charge in [-0.3, -0.25) is 9.59 Å². The number of hydrogen-bond donors (Lipinski definition) is 4. The maximum absolute atomic E-state index is 11.0. The van der Waals surface area contributed by atoms with Crippen LogP contribution in [0, 0.1) is 0 Å². The summed E-state index contributed by atoms with van der Waals surface area (Å²) < 4.78 is 9.79. The van der Waals surface area contributed by atoms with Gasteiger partial charge in [0.25, 0.3) is 0 Å². The summed E-state index contributed by atoms with van der Waals surface area (Å²) in [5.41, 5.74) is 0. The number of aliphatic hydroxyl groups is 3. The number of aliphatic hydroxyl groups excluding tert-OH is 3. The van der Waals surface area contributed by atoms with Gasteiger partial charge in [0.1, 0.15) is 18.2 Å². The van der Waals surface area contributed by atoms with E-state index in [1.807, 2.05) is 0 Å². The first-order chi connectivity index (χ1) is 8.36. The van der Waals surface area contributed by atoms with Crippen LogP contribution < -0.4 is 5.32 Å². The highest BCUT2D eigenvalue weighted by atomic mass is 16.6. The van der Waals surface area contributed by atoms with Crippen molar-refractivity contribution >= 4 is 11.9 Å². The Morgan fingerprint density at radius 3 is 2.39 bits per heavy atom. The number of ether oxygens (including phenoxy) is 2. The molecule has 1 aliphatic rings. The Hall–Kier alpha value is -1.22. The predicted molar refractivity (Wildman–Crippen MR) is 57.1 cm³/mol. The van der Waals surface area contributed by atoms with Crippen molar-refractivity contribution < 1.29 is 34.4 Å². The molecule has 0 aromatic rings. The molecule has 0 unspecified atom stereocenters. The van der Waals surface area contributed by atoms with Crippen LogP contribution in [0.3, 0.4) is 0 Å².